The number of anilines is 4. The SMILES string of the molecule is Cc1nc(Nc2ccc(NS(=O)(=O)Cc3ccccc3)cc2)cc(N2CCOCC2)n1. The number of sulfonamides is 1. The number of aromatic nitrogens is 2. The number of benzene rings is 2. The van der Waals surface area contributed by atoms with Crippen LogP contribution in [0.3, 0.4) is 0 Å². The molecule has 31 heavy (non-hydrogen) atoms. The summed E-state index contributed by atoms with van der Waals surface area (Å²) in [6.07, 6.45) is 0. The number of hydrogen-bond acceptors (Lipinski definition) is 7. The summed E-state index contributed by atoms with van der Waals surface area (Å²) in [7, 11) is -3.49. The number of morpholine rings is 1. The molecule has 1 fully saturated rings. The summed E-state index contributed by atoms with van der Waals surface area (Å²) in [4.78, 5) is 11.2. The zero-order valence-corrected chi connectivity index (χ0v) is 18.1. The van der Waals surface area contributed by atoms with Crippen LogP contribution in [-0.2, 0) is 20.5 Å². The van der Waals surface area contributed by atoms with Gasteiger partial charge in [0.2, 0.25) is 10.0 Å². The summed E-state index contributed by atoms with van der Waals surface area (Å²) in [6.45, 7) is 4.84. The minimum Gasteiger partial charge on any atom is -0.378 e. The Bertz CT molecular complexity index is 1120. The van der Waals surface area contributed by atoms with Gasteiger partial charge in [0, 0.05) is 30.5 Å². The van der Waals surface area contributed by atoms with Crippen LogP contribution in [0.4, 0.5) is 23.0 Å². The monoisotopic (exact) mass is 439 g/mol. The molecule has 0 atom stereocenters. The molecule has 1 aromatic heterocycles. The summed E-state index contributed by atoms with van der Waals surface area (Å²) in [5, 5.41) is 3.27. The van der Waals surface area contributed by atoms with Crippen molar-refractivity contribution in [1.82, 2.24) is 9.97 Å². The Hall–Kier alpha value is -3.17. The molecule has 162 valence electrons. The predicted molar refractivity (Wildman–Crippen MR) is 122 cm³/mol. The van der Waals surface area contributed by atoms with Gasteiger partial charge >= 0.3 is 0 Å². The lowest BCUT2D eigenvalue weighted by molar-refractivity contribution is 0.122. The Morgan fingerprint density at radius 3 is 2.35 bits per heavy atom. The van der Waals surface area contributed by atoms with E-state index in [0.717, 1.165) is 30.2 Å². The molecule has 0 unspecified atom stereocenters. The van der Waals surface area contributed by atoms with E-state index in [9.17, 15) is 8.42 Å². The van der Waals surface area contributed by atoms with Crippen molar-refractivity contribution in [2.75, 3.05) is 41.2 Å². The third-order valence-corrected chi connectivity index (χ3v) is 6.05. The van der Waals surface area contributed by atoms with E-state index in [4.69, 9.17) is 4.74 Å². The average Bonchev–Trinajstić information content (AvgIpc) is 2.75. The van der Waals surface area contributed by atoms with E-state index >= 15 is 0 Å². The highest BCUT2D eigenvalue weighted by molar-refractivity contribution is 7.91. The minimum absolute atomic E-state index is 0.0711. The van der Waals surface area contributed by atoms with Crippen LogP contribution < -0.4 is 14.9 Å². The number of hydrogen-bond donors (Lipinski definition) is 2. The molecule has 1 saturated heterocycles. The van der Waals surface area contributed by atoms with Gasteiger partial charge in [-0.15, -0.1) is 0 Å². The lowest BCUT2D eigenvalue weighted by Gasteiger charge is -2.28. The maximum Gasteiger partial charge on any atom is 0.236 e. The van der Waals surface area contributed by atoms with Crippen LogP contribution >= 0.6 is 0 Å². The van der Waals surface area contributed by atoms with Gasteiger partial charge in [-0.1, -0.05) is 30.3 Å². The molecule has 2 heterocycles. The molecule has 4 rings (SSSR count). The fourth-order valence-electron chi connectivity index (χ4n) is 3.35. The van der Waals surface area contributed by atoms with Gasteiger partial charge in [0.15, 0.2) is 0 Å². The van der Waals surface area contributed by atoms with Crippen LogP contribution in [-0.4, -0.2) is 44.7 Å². The second-order valence-electron chi connectivity index (χ2n) is 7.31. The van der Waals surface area contributed by atoms with Crippen molar-refractivity contribution in [3.05, 3.63) is 72.1 Å². The van der Waals surface area contributed by atoms with Gasteiger partial charge in [0.25, 0.3) is 0 Å². The van der Waals surface area contributed by atoms with E-state index in [1.165, 1.54) is 0 Å². The zero-order valence-electron chi connectivity index (χ0n) is 17.3. The quantitative estimate of drug-likeness (QED) is 0.583. The number of rotatable bonds is 7. The number of nitrogens with zero attached hydrogens (tertiary/aromatic N) is 3. The molecule has 2 aromatic carbocycles. The lowest BCUT2D eigenvalue weighted by Crippen LogP contribution is -2.36. The highest BCUT2D eigenvalue weighted by Gasteiger charge is 2.15. The van der Waals surface area contributed by atoms with Gasteiger partial charge in [0.05, 0.1) is 19.0 Å². The van der Waals surface area contributed by atoms with Crippen LogP contribution in [0.25, 0.3) is 0 Å². The Labute approximate surface area is 182 Å². The van der Waals surface area contributed by atoms with Crippen molar-refractivity contribution in [1.29, 1.82) is 0 Å². The van der Waals surface area contributed by atoms with E-state index < -0.39 is 10.0 Å². The van der Waals surface area contributed by atoms with Crippen LogP contribution in [0.5, 0.6) is 0 Å². The Morgan fingerprint density at radius 1 is 0.968 bits per heavy atom. The van der Waals surface area contributed by atoms with Crippen molar-refractivity contribution in [3.63, 3.8) is 0 Å². The Balaban J connectivity index is 1.42. The first-order valence-corrected chi connectivity index (χ1v) is 11.7. The molecule has 1 aliphatic rings. The molecule has 0 bridgehead atoms. The first-order chi connectivity index (χ1) is 15.0. The van der Waals surface area contributed by atoms with Gasteiger partial charge in [0.1, 0.15) is 17.5 Å². The normalized spacial score (nSPS) is 14.3. The molecule has 3 aromatic rings. The third-order valence-electron chi connectivity index (χ3n) is 4.79. The van der Waals surface area contributed by atoms with Gasteiger partial charge in [-0.05, 0) is 36.8 Å². The molecule has 0 radical (unpaired) electrons. The maximum atomic E-state index is 12.4. The van der Waals surface area contributed by atoms with E-state index in [2.05, 4.69) is 24.9 Å². The molecular weight excluding hydrogens is 414 g/mol. The van der Waals surface area contributed by atoms with Crippen LogP contribution in [0, 0.1) is 6.92 Å². The number of nitrogens with one attached hydrogen (secondary N) is 2. The van der Waals surface area contributed by atoms with E-state index in [0.29, 0.717) is 30.5 Å². The highest BCUT2D eigenvalue weighted by atomic mass is 32.2. The van der Waals surface area contributed by atoms with Crippen LogP contribution in [0.15, 0.2) is 60.7 Å². The lowest BCUT2D eigenvalue weighted by atomic mass is 10.2. The first kappa shape index (κ1) is 21.1. The van der Waals surface area contributed by atoms with Crippen LogP contribution in [0.1, 0.15) is 11.4 Å². The standard InChI is InChI=1S/C22H25N5O3S/c1-17-23-21(15-22(24-17)27-11-13-30-14-12-27)25-19-7-9-20(10-8-19)26-31(28,29)16-18-5-3-2-4-6-18/h2-10,15,26H,11-14,16H2,1H3,(H,23,24,25). The van der Waals surface area contributed by atoms with Gasteiger partial charge in [-0.2, -0.15) is 0 Å². The first-order valence-electron chi connectivity index (χ1n) is 10.1. The van der Waals surface area contributed by atoms with Gasteiger partial charge in [-0.3, -0.25) is 4.72 Å². The zero-order chi connectivity index (χ0) is 21.7. The number of ether oxygens (including phenoxy) is 1. The van der Waals surface area contributed by atoms with Crippen LogP contribution in [0.2, 0.25) is 0 Å². The van der Waals surface area contributed by atoms with Crippen molar-refractivity contribution in [2.24, 2.45) is 0 Å². The average molecular weight is 440 g/mol. The van der Waals surface area contributed by atoms with Gasteiger partial charge in [-0.25, -0.2) is 18.4 Å². The fourth-order valence-corrected chi connectivity index (χ4v) is 4.55. The molecule has 9 heteroatoms. The largest absolute Gasteiger partial charge is 0.378 e. The fraction of sp³-hybridized carbons (Fsp3) is 0.273. The molecule has 1 aliphatic heterocycles. The number of aryl methyl sites for hydroxylation is 1. The Morgan fingerprint density at radius 2 is 1.65 bits per heavy atom. The molecular formula is C22H25N5O3S. The second kappa shape index (κ2) is 9.32. The third kappa shape index (κ3) is 5.93. The topological polar surface area (TPSA) is 96.5 Å². The van der Waals surface area contributed by atoms with Gasteiger partial charge < -0.3 is 15.0 Å². The summed E-state index contributed by atoms with van der Waals surface area (Å²) < 4.78 is 32.9. The van der Waals surface area contributed by atoms with Crippen molar-refractivity contribution < 1.29 is 13.2 Å². The van der Waals surface area contributed by atoms with E-state index in [1.54, 1.807) is 24.3 Å². The van der Waals surface area contributed by atoms with E-state index in [1.807, 2.05) is 43.3 Å². The smallest absolute Gasteiger partial charge is 0.236 e. The van der Waals surface area contributed by atoms with Crippen molar-refractivity contribution in [2.45, 2.75) is 12.7 Å². The molecule has 0 saturated carbocycles. The molecule has 0 spiro atoms. The summed E-state index contributed by atoms with van der Waals surface area (Å²) >= 11 is 0. The molecule has 2 N–H and O–H groups in total. The Kier molecular flexibility index (Phi) is 6.34. The second-order valence-corrected chi connectivity index (χ2v) is 9.03. The molecule has 8 nitrogen and oxygen atoms in total. The maximum absolute atomic E-state index is 12.4. The minimum atomic E-state index is -3.49. The van der Waals surface area contributed by atoms with Crippen molar-refractivity contribution in [3.8, 4) is 0 Å². The summed E-state index contributed by atoms with van der Waals surface area (Å²) in [5.41, 5.74) is 2.05. The van der Waals surface area contributed by atoms with Crippen molar-refractivity contribution >= 4 is 33.0 Å². The molecule has 0 amide bonds. The summed E-state index contributed by atoms with van der Waals surface area (Å²) in [6, 6.07) is 18.1. The predicted octanol–water partition coefficient (Wildman–Crippen LogP) is 3.31. The molecule has 0 aliphatic carbocycles. The van der Waals surface area contributed by atoms with E-state index in [-0.39, 0.29) is 5.75 Å². The summed E-state index contributed by atoms with van der Waals surface area (Å²) in [5.74, 6) is 2.16. The highest BCUT2D eigenvalue weighted by Crippen LogP contribution is 2.22.